The van der Waals surface area contributed by atoms with Crippen LogP contribution in [0.1, 0.15) is 122 Å². The number of hydrogen-bond donors (Lipinski definition) is 3. The lowest BCUT2D eigenvalue weighted by atomic mass is 9.77. The largest absolute Gasteiger partial charge is 0.494 e. The molecule has 5 heterocycles. The van der Waals surface area contributed by atoms with Crippen LogP contribution in [0.2, 0.25) is 5.02 Å². The summed E-state index contributed by atoms with van der Waals surface area (Å²) in [7, 11) is 0. The summed E-state index contributed by atoms with van der Waals surface area (Å²) in [5.74, 6) is 0.404. The van der Waals surface area contributed by atoms with Gasteiger partial charge in [-0.1, -0.05) is 80.9 Å². The molecule has 1 saturated carbocycles. The Hall–Kier alpha value is -6.15. The predicted octanol–water partition coefficient (Wildman–Crippen LogP) is 9.52. The Morgan fingerprint density at radius 2 is 1.58 bits per heavy atom. The Balaban J connectivity index is 0.674. The maximum atomic E-state index is 14.1. The number of hydrogen-bond acceptors (Lipinski definition) is 14. The lowest BCUT2D eigenvalue weighted by Gasteiger charge is -2.34. The Labute approximate surface area is 469 Å². The van der Waals surface area contributed by atoms with Crippen LogP contribution >= 0.6 is 34.3 Å². The zero-order valence-electron chi connectivity index (χ0n) is 45.4. The SMILES string of the molecule is Cc1ncsc1-c1ccc(CNC(=O)[C@@H]2C[C@@H](O)CN2C(=O)[C@@H](CC(=O)COCCCOCCCOc2ccc(C3(NC(=O)C[C@@H]4N=C(c5ccc(Cl)cc5)c5c(sc(C)c5C)-n5c(C)nnc54)CC3)cc2)C(C)(C)C)cc1. The van der Waals surface area contributed by atoms with Crippen molar-refractivity contribution in [1.29, 1.82) is 0 Å². The van der Waals surface area contributed by atoms with Gasteiger partial charge in [0.1, 0.15) is 35.3 Å². The van der Waals surface area contributed by atoms with Crippen LogP contribution in [0.5, 0.6) is 5.75 Å². The molecule has 3 N–H and O–H groups in total. The smallest absolute Gasteiger partial charge is 0.243 e. The maximum Gasteiger partial charge on any atom is 0.243 e. The number of nitrogens with one attached hydrogen (secondary N) is 2. The van der Waals surface area contributed by atoms with Crippen molar-refractivity contribution in [2.45, 2.75) is 124 Å². The highest BCUT2D eigenvalue weighted by Gasteiger charge is 2.47. The fraction of sp³-hybridized carbons (Fsp3) is 0.458. The standard InChI is InChI=1S/C59H69ClN8O8S2/c1-35-37(3)78-57-51(35)52(40-14-18-43(60)19-15-40)63-48(54-66-65-38(4)68(54)57)30-50(71)64-59(22-23-59)42-16-20-46(21-17-42)76-27-9-25-74-24-8-26-75-33-45(70)28-47(58(5,6)7)56(73)67-32-44(69)29-49(67)55(72)61-31-39-10-12-41(13-11-39)53-36(2)62-34-77-53/h10-21,34,44,47-49,69H,8-9,22-33H2,1-7H3,(H,61,72)(H,64,71)/t44-,47-,48+,49+/m1/s1. The van der Waals surface area contributed by atoms with Crippen molar-refractivity contribution in [3.8, 4) is 21.2 Å². The minimum absolute atomic E-state index is 0.0251. The molecule has 16 nitrogen and oxygen atoms in total. The van der Waals surface area contributed by atoms with E-state index in [9.17, 15) is 24.3 Å². The highest BCUT2D eigenvalue weighted by atomic mass is 35.5. The van der Waals surface area contributed by atoms with Crippen molar-refractivity contribution in [3.63, 3.8) is 0 Å². The molecule has 3 aromatic heterocycles. The number of aliphatic imine (C=N–C) groups is 1. The summed E-state index contributed by atoms with van der Waals surface area (Å²) in [5.41, 5.74) is 8.60. The van der Waals surface area contributed by atoms with E-state index in [-0.39, 0.29) is 62.5 Å². The molecule has 0 bridgehead atoms. The maximum absolute atomic E-state index is 14.1. The summed E-state index contributed by atoms with van der Waals surface area (Å²) in [6.07, 6.45) is 2.25. The summed E-state index contributed by atoms with van der Waals surface area (Å²) in [4.78, 5) is 68.1. The number of fused-ring (bicyclic) bond motifs is 3. The molecule has 2 fully saturated rings. The number of benzene rings is 3. The first-order chi connectivity index (χ1) is 37.4. The minimum atomic E-state index is -0.846. The highest BCUT2D eigenvalue weighted by molar-refractivity contribution is 7.15. The number of amides is 3. The molecule has 0 unspecified atom stereocenters. The van der Waals surface area contributed by atoms with Crippen molar-refractivity contribution in [2.75, 3.05) is 39.6 Å². The topological polar surface area (TPSA) is 199 Å². The van der Waals surface area contributed by atoms with Crippen LogP contribution in [0.25, 0.3) is 15.4 Å². The van der Waals surface area contributed by atoms with Crippen molar-refractivity contribution >= 4 is 63.5 Å². The third kappa shape index (κ3) is 13.1. The van der Waals surface area contributed by atoms with E-state index in [1.165, 1.54) is 9.78 Å². The van der Waals surface area contributed by atoms with Crippen molar-refractivity contribution in [1.82, 2.24) is 35.3 Å². The number of ketones is 1. The number of halogens is 1. The molecule has 3 amide bonds. The van der Waals surface area contributed by atoms with Gasteiger partial charge in [-0.2, -0.15) is 0 Å². The molecule has 2 aliphatic heterocycles. The summed E-state index contributed by atoms with van der Waals surface area (Å²) in [5, 5.41) is 27.6. The molecular formula is C59H69ClN8O8S2. The average Bonchev–Trinajstić information content (AvgIpc) is 3.91. The van der Waals surface area contributed by atoms with Gasteiger partial charge in [0, 0.05) is 79.1 Å². The molecule has 3 aliphatic rings. The van der Waals surface area contributed by atoms with E-state index in [4.69, 9.17) is 30.8 Å². The number of likely N-dealkylation sites (tertiary alicyclic amines) is 1. The Kier molecular flexibility index (Phi) is 17.7. The predicted molar refractivity (Wildman–Crippen MR) is 303 cm³/mol. The number of Topliss-reactive ketones (excluding diaryl/α,β-unsaturated/α-hetero) is 1. The summed E-state index contributed by atoms with van der Waals surface area (Å²) in [6, 6.07) is 22.1. The number of β-amino-alcohol motifs (C(OH)–C–C–N with tert-alkyl or cyclic N) is 1. The van der Waals surface area contributed by atoms with Crippen LogP contribution in [0.4, 0.5) is 0 Å². The zero-order valence-corrected chi connectivity index (χ0v) is 47.8. The third-order valence-electron chi connectivity index (χ3n) is 14.9. The molecular weight excluding hydrogens is 1050 g/mol. The second-order valence-corrected chi connectivity index (χ2v) is 24.2. The first-order valence-electron chi connectivity index (χ1n) is 26.7. The van der Waals surface area contributed by atoms with Gasteiger partial charge in [0.15, 0.2) is 11.6 Å². The zero-order chi connectivity index (χ0) is 55.3. The lowest BCUT2D eigenvalue weighted by molar-refractivity contribution is -0.146. The Morgan fingerprint density at radius 3 is 2.26 bits per heavy atom. The summed E-state index contributed by atoms with van der Waals surface area (Å²) in [6.45, 7) is 15.7. The number of aliphatic hydroxyl groups excluding tert-OH is 1. The van der Waals surface area contributed by atoms with E-state index in [1.54, 1.807) is 22.7 Å². The van der Waals surface area contributed by atoms with Gasteiger partial charge in [0.05, 0.1) is 46.5 Å². The van der Waals surface area contributed by atoms with Crippen molar-refractivity contribution < 1.29 is 38.5 Å². The fourth-order valence-electron chi connectivity index (χ4n) is 10.2. The minimum Gasteiger partial charge on any atom is -0.494 e. The molecule has 6 aromatic rings. The van der Waals surface area contributed by atoms with Crippen LogP contribution in [0, 0.1) is 39.0 Å². The van der Waals surface area contributed by atoms with Gasteiger partial charge in [0.25, 0.3) is 0 Å². The van der Waals surface area contributed by atoms with E-state index in [2.05, 4.69) is 44.2 Å². The van der Waals surface area contributed by atoms with Crippen LogP contribution < -0.4 is 15.4 Å². The summed E-state index contributed by atoms with van der Waals surface area (Å²) >= 11 is 9.54. The number of aromatic nitrogens is 4. The van der Waals surface area contributed by atoms with Crippen LogP contribution in [-0.2, 0) is 40.7 Å². The molecule has 1 saturated heterocycles. The molecule has 0 spiro atoms. The van der Waals surface area contributed by atoms with E-state index in [1.807, 2.05) is 113 Å². The third-order valence-corrected chi connectivity index (χ3v) is 17.3. The molecule has 78 heavy (non-hydrogen) atoms. The highest BCUT2D eigenvalue weighted by Crippen LogP contribution is 2.47. The van der Waals surface area contributed by atoms with E-state index in [0.29, 0.717) is 50.1 Å². The number of carbonyl (C=O) groups is 4. The van der Waals surface area contributed by atoms with E-state index >= 15 is 0 Å². The number of carbonyl (C=O) groups excluding carboxylic acids is 4. The normalized spacial score (nSPS) is 17.9. The monoisotopic (exact) mass is 1120 g/mol. The molecule has 9 rings (SSSR count). The molecule has 0 radical (unpaired) electrons. The van der Waals surface area contributed by atoms with E-state index in [0.717, 1.165) is 79.1 Å². The molecule has 19 heteroatoms. The van der Waals surface area contributed by atoms with Gasteiger partial charge in [-0.05, 0) is 98.9 Å². The second-order valence-electron chi connectivity index (χ2n) is 21.7. The second kappa shape index (κ2) is 24.5. The Bertz CT molecular complexity index is 3140. The van der Waals surface area contributed by atoms with Gasteiger partial charge in [-0.3, -0.25) is 28.7 Å². The van der Waals surface area contributed by atoms with Gasteiger partial charge in [-0.25, -0.2) is 4.98 Å². The quantitative estimate of drug-likeness (QED) is 0.0517. The van der Waals surface area contributed by atoms with Crippen LogP contribution in [-0.4, -0.2) is 111 Å². The Morgan fingerprint density at radius 1 is 0.885 bits per heavy atom. The van der Waals surface area contributed by atoms with Gasteiger partial charge < -0.3 is 34.9 Å². The van der Waals surface area contributed by atoms with Crippen molar-refractivity contribution in [2.24, 2.45) is 16.3 Å². The number of aryl methyl sites for hydroxylation is 3. The number of ether oxygens (including phenoxy) is 3. The molecule has 4 atom stereocenters. The number of thiophene rings is 1. The molecule has 3 aromatic carbocycles. The molecule has 1 aliphatic carbocycles. The van der Waals surface area contributed by atoms with Crippen molar-refractivity contribution in [3.05, 3.63) is 133 Å². The molecule has 412 valence electrons. The average molecular weight is 1120 g/mol. The summed E-state index contributed by atoms with van der Waals surface area (Å²) < 4.78 is 19.6. The van der Waals surface area contributed by atoms with Crippen LogP contribution in [0.3, 0.4) is 0 Å². The number of aliphatic hydroxyl groups is 1. The van der Waals surface area contributed by atoms with E-state index < -0.39 is 35.1 Å². The number of nitrogens with zero attached hydrogens (tertiary/aromatic N) is 6. The number of thiazole rings is 1. The fourth-order valence-corrected chi connectivity index (χ4v) is 12.4. The first-order valence-corrected chi connectivity index (χ1v) is 28.8. The van der Waals surface area contributed by atoms with Gasteiger partial charge >= 0.3 is 0 Å². The van der Waals surface area contributed by atoms with Gasteiger partial charge in [0.2, 0.25) is 17.7 Å². The lowest BCUT2D eigenvalue weighted by Crippen LogP contribution is -2.50. The number of rotatable bonds is 23. The van der Waals surface area contributed by atoms with Crippen LogP contribution in [0.15, 0.2) is 83.3 Å². The van der Waals surface area contributed by atoms with Gasteiger partial charge in [-0.15, -0.1) is 32.9 Å². The first kappa shape index (κ1) is 56.6.